The first-order valence-corrected chi connectivity index (χ1v) is 18.3. The third kappa shape index (κ3) is 4.35. The van der Waals surface area contributed by atoms with Crippen molar-refractivity contribution in [2.75, 3.05) is 0 Å². The molecule has 6 nitrogen and oxygen atoms in total. The maximum Gasteiger partial charge on any atom is 0.139 e. The average Bonchev–Trinajstić information content (AvgIpc) is 3.83. The molecule has 0 amide bonds. The van der Waals surface area contributed by atoms with Gasteiger partial charge in [-0.3, -0.25) is 0 Å². The summed E-state index contributed by atoms with van der Waals surface area (Å²) in [5.41, 5.74) is 14.2. The first-order valence-electron chi connectivity index (χ1n) is 18.3. The second-order valence-electron chi connectivity index (χ2n) is 16.6. The molecular weight excluding hydrogens is 653 g/mol. The van der Waals surface area contributed by atoms with Crippen LogP contribution in [-0.4, -0.2) is 19.9 Å². The summed E-state index contributed by atoms with van der Waals surface area (Å²) in [5.74, 6) is 0. The lowest BCUT2D eigenvalue weighted by Gasteiger charge is -2.22. The Labute approximate surface area is 305 Å². The molecule has 6 aromatic heterocycles. The van der Waals surface area contributed by atoms with E-state index in [9.17, 15) is 0 Å². The summed E-state index contributed by atoms with van der Waals surface area (Å²) in [6, 6.07) is 36.0. The molecule has 53 heavy (non-hydrogen) atoms. The van der Waals surface area contributed by atoms with Crippen molar-refractivity contribution in [3.8, 4) is 45.3 Å². The van der Waals surface area contributed by atoms with E-state index in [2.05, 4.69) is 95.1 Å². The summed E-state index contributed by atoms with van der Waals surface area (Å²) in [6.45, 7) is 13.7. The number of aromatic nitrogens is 4. The fraction of sp³-hybridized carbons (Fsp3) is 0.170. The van der Waals surface area contributed by atoms with E-state index in [0.717, 1.165) is 111 Å². The highest BCUT2D eigenvalue weighted by atomic mass is 16.3. The van der Waals surface area contributed by atoms with Crippen LogP contribution < -0.4 is 0 Å². The summed E-state index contributed by atoms with van der Waals surface area (Å²) in [5, 5.41) is 6.37. The number of benzene rings is 4. The minimum Gasteiger partial charge on any atom is -0.456 e. The SMILES string of the molecule is CC(C)(C)c1cc2c3[nH]c4c(cc(C(C)(C)C)cc4c3c1)-c1nc(cc3oc4ccccc4c13)-c1cccc(n1)-c1cc3oc4ccccc4c3c-2n1. The summed E-state index contributed by atoms with van der Waals surface area (Å²) < 4.78 is 13.2. The molecule has 0 spiro atoms. The van der Waals surface area contributed by atoms with Crippen LogP contribution in [0.1, 0.15) is 52.7 Å². The number of hydrogen-bond acceptors (Lipinski definition) is 5. The van der Waals surface area contributed by atoms with Crippen LogP contribution in [-0.2, 0) is 10.8 Å². The molecule has 7 heterocycles. The average molecular weight is 689 g/mol. The molecule has 0 unspecified atom stereocenters. The molecular formula is C47H36N4O2. The summed E-state index contributed by atoms with van der Waals surface area (Å²) >= 11 is 0. The fourth-order valence-corrected chi connectivity index (χ4v) is 8.20. The van der Waals surface area contributed by atoms with Crippen molar-refractivity contribution in [3.05, 3.63) is 114 Å². The summed E-state index contributed by atoms with van der Waals surface area (Å²) in [6.07, 6.45) is 0. The van der Waals surface area contributed by atoms with Crippen LogP contribution in [0.5, 0.6) is 0 Å². The van der Waals surface area contributed by atoms with E-state index in [1.807, 2.05) is 54.6 Å². The zero-order valence-corrected chi connectivity index (χ0v) is 30.5. The van der Waals surface area contributed by atoms with Gasteiger partial charge in [-0.25, -0.2) is 15.0 Å². The van der Waals surface area contributed by atoms with Gasteiger partial charge < -0.3 is 13.8 Å². The zero-order valence-electron chi connectivity index (χ0n) is 30.5. The first kappa shape index (κ1) is 30.4. The minimum absolute atomic E-state index is 0.136. The Morgan fingerprint density at radius 2 is 0.887 bits per heavy atom. The van der Waals surface area contributed by atoms with Crippen molar-refractivity contribution < 1.29 is 8.83 Å². The van der Waals surface area contributed by atoms with Crippen molar-refractivity contribution in [1.82, 2.24) is 19.9 Å². The molecule has 10 aromatic rings. The molecule has 0 atom stereocenters. The molecule has 6 heteroatoms. The largest absolute Gasteiger partial charge is 0.456 e. The number of pyridine rings is 3. The van der Waals surface area contributed by atoms with Gasteiger partial charge in [-0.2, -0.15) is 0 Å². The maximum atomic E-state index is 6.60. The number of para-hydroxylation sites is 2. The molecule has 0 radical (unpaired) electrons. The Kier molecular flexibility index (Phi) is 5.84. The molecule has 8 bridgehead atoms. The highest BCUT2D eigenvalue weighted by molar-refractivity contribution is 6.21. The number of aromatic amines is 1. The van der Waals surface area contributed by atoms with Gasteiger partial charge in [0.1, 0.15) is 22.3 Å². The predicted molar refractivity (Wildman–Crippen MR) is 216 cm³/mol. The van der Waals surface area contributed by atoms with E-state index in [1.165, 1.54) is 11.1 Å². The lowest BCUT2D eigenvalue weighted by atomic mass is 9.82. The Bertz CT molecular complexity index is 2990. The lowest BCUT2D eigenvalue weighted by molar-refractivity contribution is 0.590. The molecule has 0 saturated heterocycles. The van der Waals surface area contributed by atoms with E-state index in [0.29, 0.717) is 0 Å². The number of furan rings is 2. The van der Waals surface area contributed by atoms with Gasteiger partial charge in [0.2, 0.25) is 0 Å². The van der Waals surface area contributed by atoms with Crippen LogP contribution in [0.2, 0.25) is 0 Å². The molecule has 0 aliphatic carbocycles. The topological polar surface area (TPSA) is 80.7 Å². The number of nitrogens with one attached hydrogen (secondary N) is 1. The van der Waals surface area contributed by atoms with E-state index in [-0.39, 0.29) is 10.8 Å². The van der Waals surface area contributed by atoms with E-state index >= 15 is 0 Å². The second-order valence-corrected chi connectivity index (χ2v) is 16.6. The van der Waals surface area contributed by atoms with Gasteiger partial charge in [0.05, 0.1) is 56.0 Å². The smallest absolute Gasteiger partial charge is 0.139 e. The number of rotatable bonds is 0. The standard InChI is InChI=1S/C47H36N4O2/c1-46(2,3)24-18-28-29-19-25(47(4,5)6)21-31-43(29)51-42(28)30(20-24)44-40-26-12-7-9-16-36(26)52-38(40)22-34(49-44)32-14-11-15-33(48-32)35-23-39-41(45(31)50-35)27-13-8-10-17-37(27)53-39/h7-23,51H,1-6H3. The van der Waals surface area contributed by atoms with Crippen LogP contribution in [0.3, 0.4) is 0 Å². The van der Waals surface area contributed by atoms with E-state index in [1.54, 1.807) is 0 Å². The van der Waals surface area contributed by atoms with Gasteiger partial charge in [-0.1, -0.05) is 84.0 Å². The predicted octanol–water partition coefficient (Wildman–Crippen LogP) is 12.9. The quantitative estimate of drug-likeness (QED) is 0.171. The van der Waals surface area contributed by atoms with Gasteiger partial charge >= 0.3 is 0 Å². The van der Waals surface area contributed by atoms with E-state index < -0.39 is 0 Å². The molecule has 0 fully saturated rings. The highest BCUT2D eigenvalue weighted by Gasteiger charge is 2.28. The Balaban J connectivity index is 1.42. The van der Waals surface area contributed by atoms with Crippen molar-refractivity contribution in [2.24, 2.45) is 0 Å². The third-order valence-corrected chi connectivity index (χ3v) is 11.1. The molecule has 1 aliphatic heterocycles. The normalized spacial score (nSPS) is 13.1. The molecule has 1 aliphatic rings. The Hall–Kier alpha value is -6.27. The molecule has 4 aromatic carbocycles. The molecule has 1 N–H and O–H groups in total. The van der Waals surface area contributed by atoms with E-state index in [4.69, 9.17) is 23.8 Å². The van der Waals surface area contributed by atoms with Crippen molar-refractivity contribution in [1.29, 1.82) is 0 Å². The second kappa shape index (κ2) is 10.2. The van der Waals surface area contributed by atoms with Gasteiger partial charge in [0.15, 0.2) is 0 Å². The highest BCUT2D eigenvalue weighted by Crippen LogP contribution is 2.47. The number of H-pyrrole nitrogens is 1. The van der Waals surface area contributed by atoms with Gasteiger partial charge in [0, 0.05) is 44.8 Å². The zero-order chi connectivity index (χ0) is 36.0. The van der Waals surface area contributed by atoms with Gasteiger partial charge in [0.25, 0.3) is 0 Å². The molecule has 0 saturated carbocycles. The molecule has 11 rings (SSSR count). The van der Waals surface area contributed by atoms with Crippen LogP contribution in [0.4, 0.5) is 0 Å². The van der Waals surface area contributed by atoms with Crippen LogP contribution in [0.15, 0.2) is 112 Å². The third-order valence-electron chi connectivity index (χ3n) is 11.1. The van der Waals surface area contributed by atoms with Gasteiger partial charge in [-0.05, 0) is 70.5 Å². The number of fused-ring (bicyclic) bond motifs is 19. The first-order chi connectivity index (χ1) is 25.5. The summed E-state index contributed by atoms with van der Waals surface area (Å²) in [7, 11) is 0. The van der Waals surface area contributed by atoms with Crippen LogP contribution in [0, 0.1) is 0 Å². The van der Waals surface area contributed by atoms with Crippen LogP contribution in [0.25, 0.3) is 111 Å². The Morgan fingerprint density at radius 1 is 0.434 bits per heavy atom. The van der Waals surface area contributed by atoms with Crippen molar-refractivity contribution in [2.45, 2.75) is 52.4 Å². The maximum absolute atomic E-state index is 6.60. The summed E-state index contributed by atoms with van der Waals surface area (Å²) in [4.78, 5) is 20.3. The lowest BCUT2D eigenvalue weighted by Crippen LogP contribution is -2.11. The number of hydrogen-bond donors (Lipinski definition) is 1. The number of nitrogens with zero attached hydrogens (tertiary/aromatic N) is 3. The van der Waals surface area contributed by atoms with Crippen molar-refractivity contribution in [3.63, 3.8) is 0 Å². The van der Waals surface area contributed by atoms with Gasteiger partial charge in [-0.15, -0.1) is 0 Å². The van der Waals surface area contributed by atoms with Crippen molar-refractivity contribution >= 4 is 65.7 Å². The van der Waals surface area contributed by atoms with Crippen LogP contribution >= 0.6 is 0 Å². The minimum atomic E-state index is -0.136. The monoisotopic (exact) mass is 688 g/mol. The fourth-order valence-electron chi connectivity index (χ4n) is 8.20. The Morgan fingerprint density at radius 3 is 1.34 bits per heavy atom. The molecule has 256 valence electrons.